The topological polar surface area (TPSA) is 73.9 Å². The van der Waals surface area contributed by atoms with Crippen molar-refractivity contribution < 1.29 is 45.1 Å². The number of carbonyl (C=O) groups is 1. The molecule has 0 saturated heterocycles. The second-order valence-electron chi connectivity index (χ2n) is 5.49. The Bertz CT molecular complexity index is 915. The van der Waals surface area contributed by atoms with Gasteiger partial charge in [0, 0.05) is 0 Å². The van der Waals surface area contributed by atoms with E-state index in [9.17, 15) is 31.3 Å². The minimum absolute atomic E-state index is 0.0345. The van der Waals surface area contributed by atoms with Crippen LogP contribution in [0.3, 0.4) is 0 Å². The molecular weight excluding hydrogens is 424 g/mol. The molecule has 0 aromatic heterocycles. The summed E-state index contributed by atoms with van der Waals surface area (Å²) in [4.78, 5) is 11.8. The summed E-state index contributed by atoms with van der Waals surface area (Å²) in [5.41, 5.74) is 0. The van der Waals surface area contributed by atoms with Gasteiger partial charge < -0.3 is 13.8 Å². The van der Waals surface area contributed by atoms with Crippen molar-refractivity contribution in [1.29, 1.82) is 0 Å². The van der Waals surface area contributed by atoms with Crippen molar-refractivity contribution >= 4 is 13.7 Å². The molecule has 0 bridgehead atoms. The molecule has 6 nitrogen and oxygen atoms in total. The maximum absolute atomic E-state index is 13.9. The summed E-state index contributed by atoms with van der Waals surface area (Å²) in [7, 11) is -4.89. The number of nitrogens with one attached hydrogen (secondary N) is 1. The van der Waals surface area contributed by atoms with Crippen LogP contribution in [0.2, 0.25) is 0 Å². The number of ether oxygens (including phenoxy) is 1. The molecule has 0 spiro atoms. The standard InChI is InChI=1S/C17H15F5NO5P/c1-3-26-17(24)9(2)23-29(25,27-10-7-5-4-6-8-10)28-16-14(21)12(19)11(18)13(20)15(16)22/h4-9H,3H2,1-2H3,(H,23,25)/t9-,29-/m0/s1. The van der Waals surface area contributed by atoms with Crippen LogP contribution in [0.25, 0.3) is 0 Å². The molecule has 0 heterocycles. The quantitative estimate of drug-likeness (QED) is 0.215. The molecule has 0 saturated carbocycles. The molecule has 0 aliphatic heterocycles. The predicted molar refractivity (Wildman–Crippen MR) is 90.8 cm³/mol. The Morgan fingerprint density at radius 1 is 0.966 bits per heavy atom. The highest BCUT2D eigenvalue weighted by Crippen LogP contribution is 2.47. The van der Waals surface area contributed by atoms with Crippen LogP contribution in [0, 0.1) is 29.1 Å². The van der Waals surface area contributed by atoms with Crippen molar-refractivity contribution in [2.75, 3.05) is 6.61 Å². The van der Waals surface area contributed by atoms with Crippen molar-refractivity contribution in [3.05, 3.63) is 59.4 Å². The van der Waals surface area contributed by atoms with Gasteiger partial charge in [0.15, 0.2) is 0 Å². The van der Waals surface area contributed by atoms with E-state index < -0.39 is 54.6 Å². The Balaban J connectivity index is 2.46. The number of para-hydroxylation sites is 1. The highest BCUT2D eigenvalue weighted by molar-refractivity contribution is 7.52. The third-order valence-electron chi connectivity index (χ3n) is 3.34. The minimum atomic E-state index is -4.89. The average Bonchev–Trinajstić information content (AvgIpc) is 2.69. The molecule has 0 fully saturated rings. The summed E-state index contributed by atoms with van der Waals surface area (Å²) in [6, 6.07) is 5.65. The minimum Gasteiger partial charge on any atom is -0.465 e. The third kappa shape index (κ3) is 5.24. The summed E-state index contributed by atoms with van der Waals surface area (Å²) in [6.45, 7) is 2.63. The molecule has 1 N–H and O–H groups in total. The highest BCUT2D eigenvalue weighted by Gasteiger charge is 2.38. The van der Waals surface area contributed by atoms with Gasteiger partial charge in [0.05, 0.1) is 6.61 Å². The number of hydrogen-bond acceptors (Lipinski definition) is 5. The van der Waals surface area contributed by atoms with Gasteiger partial charge in [0.1, 0.15) is 11.8 Å². The second kappa shape index (κ2) is 9.23. The van der Waals surface area contributed by atoms with E-state index in [1.54, 1.807) is 6.07 Å². The maximum atomic E-state index is 13.9. The lowest BCUT2D eigenvalue weighted by Crippen LogP contribution is -2.36. The van der Waals surface area contributed by atoms with Gasteiger partial charge in [-0.1, -0.05) is 18.2 Å². The van der Waals surface area contributed by atoms with Crippen LogP contribution in [0.4, 0.5) is 22.0 Å². The van der Waals surface area contributed by atoms with Crippen molar-refractivity contribution in [3.63, 3.8) is 0 Å². The van der Waals surface area contributed by atoms with Crippen LogP contribution >= 0.6 is 7.75 Å². The summed E-state index contributed by atoms with van der Waals surface area (Å²) in [5, 5.41) is 2.05. The van der Waals surface area contributed by atoms with Crippen LogP contribution in [0.5, 0.6) is 11.5 Å². The fourth-order valence-electron chi connectivity index (χ4n) is 2.03. The molecule has 12 heteroatoms. The molecule has 0 aliphatic carbocycles. The van der Waals surface area contributed by atoms with Gasteiger partial charge in [-0.15, -0.1) is 0 Å². The Labute approximate surface area is 162 Å². The highest BCUT2D eigenvalue weighted by atomic mass is 31.2. The van der Waals surface area contributed by atoms with Gasteiger partial charge >= 0.3 is 13.7 Å². The molecule has 2 aromatic carbocycles. The average molecular weight is 439 g/mol. The molecular formula is C17H15F5NO5P. The molecule has 0 radical (unpaired) electrons. The van der Waals surface area contributed by atoms with Crippen molar-refractivity contribution in [2.24, 2.45) is 0 Å². The molecule has 29 heavy (non-hydrogen) atoms. The number of benzene rings is 2. The second-order valence-corrected chi connectivity index (χ2v) is 7.11. The van der Waals surface area contributed by atoms with E-state index in [4.69, 9.17) is 9.26 Å². The van der Waals surface area contributed by atoms with Gasteiger partial charge in [0.2, 0.25) is 34.8 Å². The molecule has 158 valence electrons. The van der Waals surface area contributed by atoms with Gasteiger partial charge in [-0.3, -0.25) is 4.79 Å². The van der Waals surface area contributed by atoms with Crippen LogP contribution < -0.4 is 14.1 Å². The van der Waals surface area contributed by atoms with Crippen LogP contribution in [0.1, 0.15) is 13.8 Å². The van der Waals surface area contributed by atoms with E-state index in [0.717, 1.165) is 0 Å². The van der Waals surface area contributed by atoms with E-state index in [1.807, 2.05) is 5.09 Å². The molecule has 2 atom stereocenters. The Kier molecular flexibility index (Phi) is 7.21. The molecule has 0 unspecified atom stereocenters. The molecule has 2 aromatic rings. The van der Waals surface area contributed by atoms with Gasteiger partial charge in [-0.05, 0) is 26.0 Å². The first-order valence-electron chi connectivity index (χ1n) is 8.09. The predicted octanol–water partition coefficient (Wildman–Crippen LogP) is 4.49. The summed E-state index contributed by atoms with van der Waals surface area (Å²) in [6.07, 6.45) is 0. The molecule has 0 amide bonds. The lowest BCUT2D eigenvalue weighted by atomic mass is 10.3. The molecule has 2 rings (SSSR count). The normalized spacial score (nSPS) is 14.0. The van der Waals surface area contributed by atoms with Crippen molar-refractivity contribution in [3.8, 4) is 11.5 Å². The zero-order chi connectivity index (χ0) is 21.8. The van der Waals surface area contributed by atoms with Crippen LogP contribution in [-0.2, 0) is 14.1 Å². The first kappa shape index (κ1) is 22.6. The first-order valence-corrected chi connectivity index (χ1v) is 9.64. The lowest BCUT2D eigenvalue weighted by molar-refractivity contribution is -0.144. The van der Waals surface area contributed by atoms with Crippen molar-refractivity contribution in [2.45, 2.75) is 19.9 Å². The monoisotopic (exact) mass is 439 g/mol. The Morgan fingerprint density at radius 2 is 1.48 bits per heavy atom. The van der Waals surface area contributed by atoms with Crippen molar-refractivity contribution in [1.82, 2.24) is 5.09 Å². The Morgan fingerprint density at radius 3 is 2.00 bits per heavy atom. The molecule has 0 aliphatic rings. The summed E-state index contributed by atoms with van der Waals surface area (Å²) >= 11 is 0. The van der Waals surface area contributed by atoms with E-state index in [2.05, 4.69) is 4.52 Å². The maximum Gasteiger partial charge on any atom is 0.513 e. The number of esters is 1. The lowest BCUT2D eigenvalue weighted by Gasteiger charge is -2.23. The summed E-state index contributed by atoms with van der Waals surface area (Å²) < 4.78 is 95.4. The van der Waals surface area contributed by atoms with Gasteiger partial charge in [-0.2, -0.15) is 13.9 Å². The van der Waals surface area contributed by atoms with Crippen LogP contribution in [-0.4, -0.2) is 18.6 Å². The fourth-order valence-corrected chi connectivity index (χ4v) is 3.56. The number of halogens is 5. The zero-order valence-corrected chi connectivity index (χ0v) is 15.9. The van der Waals surface area contributed by atoms with Crippen LogP contribution in [0.15, 0.2) is 30.3 Å². The number of carbonyl (C=O) groups excluding carboxylic acids is 1. The van der Waals surface area contributed by atoms with E-state index in [-0.39, 0.29) is 12.4 Å². The largest absolute Gasteiger partial charge is 0.513 e. The van der Waals surface area contributed by atoms with Gasteiger partial charge in [0.25, 0.3) is 0 Å². The van der Waals surface area contributed by atoms with E-state index in [0.29, 0.717) is 0 Å². The summed E-state index contributed by atoms with van der Waals surface area (Å²) in [5.74, 6) is -14.6. The SMILES string of the molecule is CCOC(=O)[C@H](C)N[P@](=O)(Oc1ccccc1)Oc1c(F)c(F)c(F)c(F)c1F. The van der Waals surface area contributed by atoms with E-state index >= 15 is 0 Å². The zero-order valence-electron chi connectivity index (χ0n) is 15.0. The third-order valence-corrected chi connectivity index (χ3v) is 4.92. The first-order chi connectivity index (χ1) is 13.6. The Hall–Kier alpha value is -2.65. The fraction of sp³-hybridized carbons (Fsp3) is 0.235. The smallest absolute Gasteiger partial charge is 0.465 e. The number of hydrogen-bond donors (Lipinski definition) is 1. The van der Waals surface area contributed by atoms with E-state index in [1.165, 1.54) is 38.1 Å². The van der Waals surface area contributed by atoms with Gasteiger partial charge in [-0.25, -0.2) is 17.7 Å². The number of rotatable bonds is 8.